The predicted molar refractivity (Wildman–Crippen MR) is 57.8 cm³/mol. The van der Waals surface area contributed by atoms with E-state index in [0.29, 0.717) is 12.8 Å². The van der Waals surface area contributed by atoms with E-state index in [1.54, 1.807) is 0 Å². The summed E-state index contributed by atoms with van der Waals surface area (Å²) in [6.45, 7) is 0.0444. The fourth-order valence-corrected chi connectivity index (χ4v) is 1.89. The molecule has 0 aliphatic heterocycles. The van der Waals surface area contributed by atoms with Crippen molar-refractivity contribution in [1.82, 2.24) is 9.62 Å². The fraction of sp³-hybridized carbons (Fsp3) is 0.778. The van der Waals surface area contributed by atoms with E-state index >= 15 is 0 Å². The van der Waals surface area contributed by atoms with Gasteiger partial charge in [-0.25, -0.2) is 12.7 Å². The first-order valence-corrected chi connectivity index (χ1v) is 6.55. The predicted octanol–water partition coefficient (Wildman–Crippen LogP) is -0.702. The van der Waals surface area contributed by atoms with E-state index in [-0.39, 0.29) is 18.2 Å². The van der Waals surface area contributed by atoms with Crippen LogP contribution < -0.4 is 5.32 Å². The van der Waals surface area contributed by atoms with Gasteiger partial charge in [-0.1, -0.05) is 0 Å². The first-order chi connectivity index (χ1) is 7.34. The van der Waals surface area contributed by atoms with Gasteiger partial charge in [-0.2, -0.15) is 5.26 Å². The summed E-state index contributed by atoms with van der Waals surface area (Å²) in [4.78, 5) is 11.5. The molecule has 90 valence electrons. The van der Waals surface area contributed by atoms with Gasteiger partial charge in [-0.05, 0) is 12.8 Å². The zero-order chi connectivity index (χ0) is 12.4. The smallest absolute Gasteiger partial charge is 0.240 e. The summed E-state index contributed by atoms with van der Waals surface area (Å²) in [6.07, 6.45) is 1.13. The maximum Gasteiger partial charge on any atom is 0.240 e. The molecule has 0 radical (unpaired) electrons. The lowest BCUT2D eigenvalue weighted by atomic mass is 10.1. The molecule has 0 spiro atoms. The van der Waals surface area contributed by atoms with E-state index in [2.05, 4.69) is 5.32 Å². The van der Waals surface area contributed by atoms with Crippen molar-refractivity contribution in [3.05, 3.63) is 0 Å². The molecular formula is C9H15N3O3S. The van der Waals surface area contributed by atoms with Crippen molar-refractivity contribution >= 4 is 15.9 Å². The number of nitriles is 1. The molecule has 6 nitrogen and oxygen atoms in total. The summed E-state index contributed by atoms with van der Waals surface area (Å²) in [5, 5.41) is 11.2. The molecule has 7 heteroatoms. The molecule has 0 unspecified atom stereocenters. The summed E-state index contributed by atoms with van der Waals surface area (Å²) in [6, 6.07) is 1.95. The van der Waals surface area contributed by atoms with Gasteiger partial charge < -0.3 is 5.32 Å². The molecule has 0 aromatic heterocycles. The molecule has 16 heavy (non-hydrogen) atoms. The molecule has 0 aromatic carbocycles. The molecule has 0 bridgehead atoms. The summed E-state index contributed by atoms with van der Waals surface area (Å²) < 4.78 is 23.8. The van der Waals surface area contributed by atoms with Gasteiger partial charge in [0, 0.05) is 20.6 Å². The van der Waals surface area contributed by atoms with Crippen molar-refractivity contribution in [2.24, 2.45) is 5.41 Å². The Morgan fingerprint density at radius 1 is 1.50 bits per heavy atom. The Labute approximate surface area is 95.3 Å². The van der Waals surface area contributed by atoms with Crippen LogP contribution in [0.5, 0.6) is 0 Å². The SMILES string of the molecule is CN(C)S(=O)(=O)CCNC(=O)C1(C#N)CC1. The summed E-state index contributed by atoms with van der Waals surface area (Å²) >= 11 is 0. The average molecular weight is 245 g/mol. The summed E-state index contributed by atoms with van der Waals surface area (Å²) in [7, 11) is -0.411. The Balaban J connectivity index is 2.38. The van der Waals surface area contributed by atoms with Crippen LogP contribution in [-0.2, 0) is 14.8 Å². The van der Waals surface area contributed by atoms with Gasteiger partial charge in [-0.3, -0.25) is 4.79 Å². The van der Waals surface area contributed by atoms with E-state index in [4.69, 9.17) is 5.26 Å². The lowest BCUT2D eigenvalue weighted by molar-refractivity contribution is -0.124. The fourth-order valence-electron chi connectivity index (χ4n) is 1.16. The molecule has 0 aromatic rings. The van der Waals surface area contributed by atoms with Gasteiger partial charge in [-0.15, -0.1) is 0 Å². The molecule has 0 saturated heterocycles. The van der Waals surface area contributed by atoms with E-state index < -0.39 is 15.4 Å². The molecule has 1 aliphatic rings. The second-order valence-corrected chi connectivity index (χ2v) is 6.35. The Morgan fingerprint density at radius 3 is 2.44 bits per heavy atom. The summed E-state index contributed by atoms with van der Waals surface area (Å²) in [5.74, 6) is -0.503. The number of hydrogen-bond acceptors (Lipinski definition) is 4. The Kier molecular flexibility index (Phi) is 3.55. The number of rotatable bonds is 5. The van der Waals surface area contributed by atoms with Gasteiger partial charge >= 0.3 is 0 Å². The maximum atomic E-state index is 11.5. The van der Waals surface area contributed by atoms with Crippen LogP contribution in [0.25, 0.3) is 0 Å². The van der Waals surface area contributed by atoms with Crippen LogP contribution in [0.1, 0.15) is 12.8 Å². The molecule has 1 N–H and O–H groups in total. The van der Waals surface area contributed by atoms with Gasteiger partial charge in [0.2, 0.25) is 15.9 Å². The zero-order valence-electron chi connectivity index (χ0n) is 9.36. The number of nitrogens with one attached hydrogen (secondary N) is 1. The zero-order valence-corrected chi connectivity index (χ0v) is 10.2. The van der Waals surface area contributed by atoms with Crippen LogP contribution in [0.15, 0.2) is 0 Å². The van der Waals surface area contributed by atoms with Crippen LogP contribution >= 0.6 is 0 Å². The molecule has 0 heterocycles. The standard InChI is InChI=1S/C9H15N3O3S/c1-12(2)16(14,15)6-5-11-8(13)9(7-10)3-4-9/h3-6H2,1-2H3,(H,11,13). The second kappa shape index (κ2) is 4.39. The largest absolute Gasteiger partial charge is 0.354 e. The van der Waals surface area contributed by atoms with Crippen molar-refractivity contribution in [3.63, 3.8) is 0 Å². The van der Waals surface area contributed by atoms with E-state index in [1.807, 2.05) is 6.07 Å². The summed E-state index contributed by atoms with van der Waals surface area (Å²) in [5.41, 5.74) is -0.887. The van der Waals surface area contributed by atoms with Gasteiger partial charge in [0.1, 0.15) is 5.41 Å². The molecular weight excluding hydrogens is 230 g/mol. The van der Waals surface area contributed by atoms with Gasteiger partial charge in [0.15, 0.2) is 0 Å². The first-order valence-electron chi connectivity index (χ1n) is 4.94. The highest BCUT2D eigenvalue weighted by molar-refractivity contribution is 7.89. The third-order valence-corrected chi connectivity index (χ3v) is 4.43. The highest BCUT2D eigenvalue weighted by Gasteiger charge is 2.50. The lowest BCUT2D eigenvalue weighted by Crippen LogP contribution is -2.37. The number of carbonyl (C=O) groups is 1. The first kappa shape index (κ1) is 12.9. The Morgan fingerprint density at radius 2 is 2.06 bits per heavy atom. The van der Waals surface area contributed by atoms with Gasteiger partial charge in [0.05, 0.1) is 11.8 Å². The normalized spacial score (nSPS) is 17.9. The van der Waals surface area contributed by atoms with Crippen molar-refractivity contribution in [1.29, 1.82) is 5.26 Å². The minimum Gasteiger partial charge on any atom is -0.354 e. The number of nitrogens with zero attached hydrogens (tertiary/aromatic N) is 2. The highest BCUT2D eigenvalue weighted by Crippen LogP contribution is 2.44. The van der Waals surface area contributed by atoms with Crippen molar-refractivity contribution in [2.45, 2.75) is 12.8 Å². The van der Waals surface area contributed by atoms with E-state index in [1.165, 1.54) is 14.1 Å². The van der Waals surface area contributed by atoms with Gasteiger partial charge in [0.25, 0.3) is 0 Å². The quantitative estimate of drug-likeness (QED) is 0.693. The minimum atomic E-state index is -3.29. The average Bonchev–Trinajstić information content (AvgIpc) is 2.97. The number of sulfonamides is 1. The molecule has 1 saturated carbocycles. The van der Waals surface area contributed by atoms with E-state index in [0.717, 1.165) is 4.31 Å². The molecule has 1 aliphatic carbocycles. The highest BCUT2D eigenvalue weighted by atomic mass is 32.2. The van der Waals surface area contributed by atoms with Crippen LogP contribution in [-0.4, -0.2) is 45.0 Å². The van der Waals surface area contributed by atoms with Crippen molar-refractivity contribution in [3.8, 4) is 6.07 Å². The van der Waals surface area contributed by atoms with Crippen LogP contribution in [0, 0.1) is 16.7 Å². The van der Waals surface area contributed by atoms with Crippen molar-refractivity contribution in [2.75, 3.05) is 26.4 Å². The third kappa shape index (κ3) is 2.71. The number of amides is 1. The van der Waals surface area contributed by atoms with Crippen molar-refractivity contribution < 1.29 is 13.2 Å². The third-order valence-electron chi connectivity index (χ3n) is 2.60. The van der Waals surface area contributed by atoms with E-state index in [9.17, 15) is 13.2 Å². The lowest BCUT2D eigenvalue weighted by Gasteiger charge is -2.12. The van der Waals surface area contributed by atoms with Crippen LogP contribution in [0.2, 0.25) is 0 Å². The van der Waals surface area contributed by atoms with Crippen LogP contribution in [0.3, 0.4) is 0 Å². The topological polar surface area (TPSA) is 90.3 Å². The number of hydrogen-bond donors (Lipinski definition) is 1. The number of carbonyl (C=O) groups excluding carboxylic acids is 1. The maximum absolute atomic E-state index is 11.5. The Bertz CT molecular complexity index is 418. The monoisotopic (exact) mass is 245 g/mol. The van der Waals surface area contributed by atoms with Crippen LogP contribution in [0.4, 0.5) is 0 Å². The second-order valence-electron chi connectivity index (χ2n) is 4.05. The minimum absolute atomic E-state index is 0.0444. The Hall–Kier alpha value is -1.13. The molecule has 1 fully saturated rings. The molecule has 0 atom stereocenters. The molecule has 1 amide bonds. The molecule has 1 rings (SSSR count).